The van der Waals surface area contributed by atoms with Crippen LogP contribution >= 0.6 is 15.9 Å². The van der Waals surface area contributed by atoms with Crippen LogP contribution in [0.15, 0.2) is 22.7 Å². The Morgan fingerprint density at radius 1 is 1.56 bits per heavy atom. The van der Waals surface area contributed by atoms with E-state index in [0.29, 0.717) is 10.5 Å². The predicted molar refractivity (Wildman–Crippen MR) is 66.8 cm³/mol. The Kier molecular flexibility index (Phi) is 3.95. The molecule has 1 atom stereocenters. The van der Waals surface area contributed by atoms with E-state index in [1.54, 1.807) is 6.07 Å². The van der Waals surface area contributed by atoms with Gasteiger partial charge in [-0.1, -0.05) is 12.1 Å². The molecule has 0 amide bonds. The molecule has 0 unspecified atom stereocenters. The molecule has 2 nitrogen and oxygen atoms in total. The van der Waals surface area contributed by atoms with Crippen molar-refractivity contribution in [1.29, 1.82) is 0 Å². The van der Waals surface area contributed by atoms with Gasteiger partial charge in [0.25, 0.3) is 0 Å². The molecule has 1 aliphatic heterocycles. The quantitative estimate of drug-likeness (QED) is 0.898. The van der Waals surface area contributed by atoms with Crippen LogP contribution in [-0.4, -0.2) is 30.6 Å². The largest absolute Gasteiger partial charge is 0.314 e. The number of piperazine rings is 1. The monoisotopic (exact) mass is 286 g/mol. The molecule has 1 N–H and O–H groups in total. The van der Waals surface area contributed by atoms with E-state index in [0.717, 1.165) is 31.7 Å². The van der Waals surface area contributed by atoms with E-state index in [4.69, 9.17) is 0 Å². The molecule has 1 aromatic carbocycles. The highest BCUT2D eigenvalue weighted by Crippen LogP contribution is 2.22. The lowest BCUT2D eigenvalue weighted by Crippen LogP contribution is -2.49. The van der Waals surface area contributed by atoms with Crippen LogP contribution < -0.4 is 5.32 Å². The minimum Gasteiger partial charge on any atom is -0.314 e. The van der Waals surface area contributed by atoms with Crippen molar-refractivity contribution in [3.05, 3.63) is 34.1 Å². The summed E-state index contributed by atoms with van der Waals surface area (Å²) in [5.74, 6) is -0.180. The van der Waals surface area contributed by atoms with Crippen LogP contribution in [0.4, 0.5) is 4.39 Å². The third-order valence-corrected chi connectivity index (χ3v) is 3.93. The fraction of sp³-hybridized carbons (Fsp3) is 0.500. The van der Waals surface area contributed by atoms with Crippen molar-refractivity contribution < 1.29 is 4.39 Å². The Hall–Kier alpha value is -0.450. The molecule has 1 fully saturated rings. The highest BCUT2D eigenvalue weighted by atomic mass is 79.9. The molecule has 1 aromatic rings. The van der Waals surface area contributed by atoms with Crippen molar-refractivity contribution in [2.75, 3.05) is 19.6 Å². The first-order valence-electron chi connectivity index (χ1n) is 5.56. The molecule has 4 heteroatoms. The van der Waals surface area contributed by atoms with Gasteiger partial charge in [-0.05, 0) is 34.5 Å². The molecule has 0 aliphatic carbocycles. The summed E-state index contributed by atoms with van der Waals surface area (Å²) >= 11 is 3.31. The number of rotatable bonds is 2. The summed E-state index contributed by atoms with van der Waals surface area (Å²) in [4.78, 5) is 2.37. The van der Waals surface area contributed by atoms with Crippen molar-refractivity contribution in [2.24, 2.45) is 0 Å². The van der Waals surface area contributed by atoms with E-state index in [1.165, 1.54) is 6.07 Å². The first-order chi connectivity index (χ1) is 7.68. The Morgan fingerprint density at radius 2 is 2.38 bits per heavy atom. The molecule has 0 radical (unpaired) electrons. The molecule has 0 aromatic heterocycles. The van der Waals surface area contributed by atoms with Gasteiger partial charge in [0.1, 0.15) is 5.82 Å². The smallest absolute Gasteiger partial charge is 0.137 e. The maximum absolute atomic E-state index is 13.4. The molecule has 2 rings (SSSR count). The second-order valence-corrected chi connectivity index (χ2v) is 5.03. The predicted octanol–water partition coefficient (Wildman–Crippen LogP) is 2.38. The van der Waals surface area contributed by atoms with Gasteiger partial charge in [-0.15, -0.1) is 0 Å². The zero-order chi connectivity index (χ0) is 11.5. The van der Waals surface area contributed by atoms with E-state index >= 15 is 0 Å². The lowest BCUT2D eigenvalue weighted by atomic mass is 10.1. The number of nitrogens with zero attached hydrogens (tertiary/aromatic N) is 1. The van der Waals surface area contributed by atoms with E-state index in [2.05, 4.69) is 33.1 Å². The highest BCUT2D eigenvalue weighted by Gasteiger charge is 2.19. The van der Waals surface area contributed by atoms with E-state index < -0.39 is 0 Å². The summed E-state index contributed by atoms with van der Waals surface area (Å²) in [5.41, 5.74) is 1.02. The summed E-state index contributed by atoms with van der Waals surface area (Å²) in [6, 6.07) is 5.72. The average molecular weight is 287 g/mol. The number of benzene rings is 1. The number of nitrogens with one attached hydrogen (secondary N) is 1. The number of hydrogen-bond donors (Lipinski definition) is 1. The van der Waals surface area contributed by atoms with Gasteiger partial charge >= 0.3 is 0 Å². The van der Waals surface area contributed by atoms with Crippen LogP contribution in [0.1, 0.15) is 12.5 Å². The summed E-state index contributed by atoms with van der Waals surface area (Å²) in [5, 5.41) is 3.35. The van der Waals surface area contributed by atoms with Gasteiger partial charge in [-0.25, -0.2) is 4.39 Å². The van der Waals surface area contributed by atoms with Crippen molar-refractivity contribution in [1.82, 2.24) is 10.2 Å². The normalized spacial score (nSPS) is 22.3. The maximum atomic E-state index is 13.4. The van der Waals surface area contributed by atoms with Crippen LogP contribution in [0.2, 0.25) is 0 Å². The first kappa shape index (κ1) is 12.0. The fourth-order valence-corrected chi connectivity index (χ4v) is 2.40. The van der Waals surface area contributed by atoms with E-state index in [-0.39, 0.29) is 5.82 Å². The second-order valence-electron chi connectivity index (χ2n) is 4.24. The van der Waals surface area contributed by atoms with Gasteiger partial charge in [0.15, 0.2) is 0 Å². The Bertz CT molecular complexity index is 370. The van der Waals surface area contributed by atoms with E-state index in [1.807, 2.05) is 6.07 Å². The van der Waals surface area contributed by atoms with Crippen LogP contribution in [0.25, 0.3) is 0 Å². The van der Waals surface area contributed by atoms with Gasteiger partial charge < -0.3 is 5.32 Å². The molecule has 16 heavy (non-hydrogen) atoms. The van der Waals surface area contributed by atoms with Crippen LogP contribution in [0, 0.1) is 5.82 Å². The van der Waals surface area contributed by atoms with Gasteiger partial charge in [-0.2, -0.15) is 0 Å². The molecule has 0 bridgehead atoms. The number of halogens is 2. The standard InChI is InChI=1S/C12H16BrFN2/c1-9-7-15-5-6-16(9)8-10-3-2-4-11(14)12(10)13/h2-4,9,15H,5-8H2,1H3/t9-/m0/s1. The van der Waals surface area contributed by atoms with Crippen molar-refractivity contribution in [3.63, 3.8) is 0 Å². The average Bonchev–Trinajstić information content (AvgIpc) is 2.28. The Morgan fingerprint density at radius 3 is 3.12 bits per heavy atom. The molecule has 1 aliphatic rings. The van der Waals surface area contributed by atoms with Crippen LogP contribution in [-0.2, 0) is 6.54 Å². The Labute approximate surface area is 104 Å². The zero-order valence-corrected chi connectivity index (χ0v) is 10.9. The third-order valence-electron chi connectivity index (χ3n) is 3.04. The van der Waals surface area contributed by atoms with Gasteiger partial charge in [0.2, 0.25) is 0 Å². The van der Waals surface area contributed by atoms with Gasteiger partial charge in [-0.3, -0.25) is 4.90 Å². The van der Waals surface area contributed by atoms with Gasteiger partial charge in [0, 0.05) is 32.2 Å². The van der Waals surface area contributed by atoms with Crippen LogP contribution in [0.5, 0.6) is 0 Å². The topological polar surface area (TPSA) is 15.3 Å². The molecular formula is C12H16BrFN2. The SMILES string of the molecule is C[C@H]1CNCCN1Cc1cccc(F)c1Br. The van der Waals surface area contributed by atoms with Crippen molar-refractivity contribution >= 4 is 15.9 Å². The Balaban J connectivity index is 2.10. The first-order valence-corrected chi connectivity index (χ1v) is 6.35. The van der Waals surface area contributed by atoms with Crippen molar-refractivity contribution in [2.45, 2.75) is 19.5 Å². The van der Waals surface area contributed by atoms with E-state index in [9.17, 15) is 4.39 Å². The summed E-state index contributed by atoms with van der Waals surface area (Å²) in [6.45, 7) is 6.04. The second kappa shape index (κ2) is 5.25. The summed E-state index contributed by atoms with van der Waals surface area (Å²) < 4.78 is 14.0. The van der Waals surface area contributed by atoms with Crippen LogP contribution in [0.3, 0.4) is 0 Å². The molecular weight excluding hydrogens is 271 g/mol. The number of hydrogen-bond acceptors (Lipinski definition) is 2. The zero-order valence-electron chi connectivity index (χ0n) is 9.34. The summed E-state index contributed by atoms with van der Waals surface area (Å²) in [6.07, 6.45) is 0. The molecule has 88 valence electrons. The minimum absolute atomic E-state index is 0.180. The highest BCUT2D eigenvalue weighted by molar-refractivity contribution is 9.10. The minimum atomic E-state index is -0.180. The fourth-order valence-electron chi connectivity index (χ4n) is 2.01. The molecule has 0 saturated carbocycles. The molecule has 1 saturated heterocycles. The molecule has 0 spiro atoms. The third kappa shape index (κ3) is 2.62. The summed E-state index contributed by atoms with van der Waals surface area (Å²) in [7, 11) is 0. The van der Waals surface area contributed by atoms with Gasteiger partial charge in [0.05, 0.1) is 4.47 Å². The van der Waals surface area contributed by atoms with Crippen molar-refractivity contribution in [3.8, 4) is 0 Å². The maximum Gasteiger partial charge on any atom is 0.137 e. The molecule has 1 heterocycles. The lowest BCUT2D eigenvalue weighted by Gasteiger charge is -2.34. The lowest BCUT2D eigenvalue weighted by molar-refractivity contribution is 0.165.